The summed E-state index contributed by atoms with van der Waals surface area (Å²) >= 11 is 3.30. The topological polar surface area (TPSA) is 59.3 Å². The summed E-state index contributed by atoms with van der Waals surface area (Å²) in [6, 6.07) is 3.05. The average Bonchev–Trinajstić information content (AvgIpc) is 2.33. The fourth-order valence-electron chi connectivity index (χ4n) is 1.75. The summed E-state index contributed by atoms with van der Waals surface area (Å²) in [4.78, 5) is 23.1. The Balaban J connectivity index is 3.16. The van der Waals surface area contributed by atoms with Gasteiger partial charge in [0.05, 0.1) is 17.1 Å². The standard InChI is InChI=1S/C14H16BrNO3/c1-3-5-6-7-16-12(15)8-10(9-13(16)17)11(4-2)14(18)19/h8-9,11H,3-4,7H2,1-2H3,(H,18,19). The van der Waals surface area contributed by atoms with E-state index in [2.05, 4.69) is 27.8 Å². The van der Waals surface area contributed by atoms with Crippen molar-refractivity contribution in [2.24, 2.45) is 0 Å². The van der Waals surface area contributed by atoms with Gasteiger partial charge in [0, 0.05) is 12.5 Å². The van der Waals surface area contributed by atoms with E-state index in [0.717, 1.165) is 6.42 Å². The Bertz CT molecular complexity index is 581. The van der Waals surface area contributed by atoms with E-state index < -0.39 is 11.9 Å². The third-order valence-electron chi connectivity index (χ3n) is 2.75. The van der Waals surface area contributed by atoms with E-state index in [1.165, 1.54) is 10.6 Å². The van der Waals surface area contributed by atoms with Crippen LogP contribution in [0.2, 0.25) is 0 Å². The monoisotopic (exact) mass is 325 g/mol. The van der Waals surface area contributed by atoms with Crippen molar-refractivity contribution in [3.05, 3.63) is 32.7 Å². The predicted octanol–water partition coefficient (Wildman–Crippen LogP) is 2.60. The highest BCUT2D eigenvalue weighted by atomic mass is 79.9. The molecule has 1 aromatic rings. The molecule has 0 aliphatic rings. The number of aromatic nitrogens is 1. The van der Waals surface area contributed by atoms with Crippen LogP contribution in [-0.2, 0) is 11.3 Å². The van der Waals surface area contributed by atoms with E-state index in [9.17, 15) is 9.59 Å². The van der Waals surface area contributed by atoms with E-state index in [4.69, 9.17) is 5.11 Å². The molecule has 0 aromatic carbocycles. The van der Waals surface area contributed by atoms with Crippen LogP contribution in [0.1, 0.15) is 38.2 Å². The molecule has 0 saturated carbocycles. The number of carbonyl (C=O) groups is 1. The van der Waals surface area contributed by atoms with Crippen LogP contribution < -0.4 is 5.56 Å². The molecule has 0 spiro atoms. The van der Waals surface area contributed by atoms with Gasteiger partial charge in [0.25, 0.3) is 5.56 Å². The van der Waals surface area contributed by atoms with Crippen molar-refractivity contribution in [2.75, 3.05) is 0 Å². The van der Waals surface area contributed by atoms with Gasteiger partial charge in [0.2, 0.25) is 0 Å². The lowest BCUT2D eigenvalue weighted by atomic mass is 9.98. The maximum atomic E-state index is 12.0. The highest BCUT2D eigenvalue weighted by Crippen LogP contribution is 2.21. The van der Waals surface area contributed by atoms with Gasteiger partial charge in [-0.05, 0) is 34.0 Å². The Kier molecular flexibility index (Phi) is 5.84. The lowest BCUT2D eigenvalue weighted by Crippen LogP contribution is -2.22. The molecule has 1 heterocycles. The molecule has 0 bridgehead atoms. The summed E-state index contributed by atoms with van der Waals surface area (Å²) in [5.74, 6) is 4.21. The molecule has 4 nitrogen and oxygen atoms in total. The fraction of sp³-hybridized carbons (Fsp3) is 0.429. The Morgan fingerprint density at radius 2 is 2.11 bits per heavy atom. The molecular weight excluding hydrogens is 310 g/mol. The van der Waals surface area contributed by atoms with E-state index >= 15 is 0 Å². The number of rotatable bonds is 4. The van der Waals surface area contributed by atoms with E-state index in [-0.39, 0.29) is 5.56 Å². The zero-order chi connectivity index (χ0) is 14.4. The first-order chi connectivity index (χ1) is 9.01. The number of pyridine rings is 1. The zero-order valence-corrected chi connectivity index (χ0v) is 12.5. The molecule has 0 amide bonds. The molecule has 5 heteroatoms. The Hall–Kier alpha value is -1.54. The summed E-state index contributed by atoms with van der Waals surface area (Å²) in [6.45, 7) is 4.02. The first-order valence-corrected chi connectivity index (χ1v) is 6.89. The van der Waals surface area contributed by atoms with Crippen molar-refractivity contribution in [3.8, 4) is 11.8 Å². The number of aliphatic carboxylic acids is 1. The minimum atomic E-state index is -0.919. The van der Waals surface area contributed by atoms with Crippen LogP contribution in [0.3, 0.4) is 0 Å². The van der Waals surface area contributed by atoms with Gasteiger partial charge < -0.3 is 5.11 Å². The van der Waals surface area contributed by atoms with Crippen molar-refractivity contribution in [1.29, 1.82) is 0 Å². The van der Waals surface area contributed by atoms with Crippen molar-refractivity contribution in [1.82, 2.24) is 4.57 Å². The molecule has 1 atom stereocenters. The van der Waals surface area contributed by atoms with Crippen LogP contribution in [0.15, 0.2) is 21.5 Å². The summed E-state index contributed by atoms with van der Waals surface area (Å²) in [7, 11) is 0. The number of carboxylic acid groups (broad SMARTS) is 1. The first-order valence-electron chi connectivity index (χ1n) is 6.10. The van der Waals surface area contributed by atoms with Gasteiger partial charge in [-0.3, -0.25) is 14.2 Å². The SMILES string of the molecule is CCC#CCn1c(Br)cc(C(CC)C(=O)O)cc1=O. The summed E-state index contributed by atoms with van der Waals surface area (Å²) in [5.41, 5.74) is 0.279. The molecule has 0 aliphatic heterocycles. The minimum absolute atomic E-state index is 0.241. The maximum Gasteiger partial charge on any atom is 0.310 e. The van der Waals surface area contributed by atoms with Gasteiger partial charge in [-0.25, -0.2) is 0 Å². The van der Waals surface area contributed by atoms with Crippen molar-refractivity contribution >= 4 is 21.9 Å². The van der Waals surface area contributed by atoms with Crippen LogP contribution in [0.5, 0.6) is 0 Å². The van der Waals surface area contributed by atoms with Gasteiger partial charge in [0.1, 0.15) is 0 Å². The summed E-state index contributed by atoms with van der Waals surface area (Å²) in [6.07, 6.45) is 1.18. The molecule has 1 rings (SSSR count). The fourth-order valence-corrected chi connectivity index (χ4v) is 2.31. The van der Waals surface area contributed by atoms with Crippen molar-refractivity contribution in [2.45, 2.75) is 39.2 Å². The molecule has 1 N–H and O–H groups in total. The highest BCUT2D eigenvalue weighted by Gasteiger charge is 2.19. The normalized spacial score (nSPS) is 11.5. The minimum Gasteiger partial charge on any atom is -0.481 e. The number of carboxylic acids is 1. The van der Waals surface area contributed by atoms with Gasteiger partial charge >= 0.3 is 5.97 Å². The maximum absolute atomic E-state index is 12.0. The lowest BCUT2D eigenvalue weighted by molar-refractivity contribution is -0.138. The highest BCUT2D eigenvalue weighted by molar-refractivity contribution is 9.10. The summed E-state index contributed by atoms with van der Waals surface area (Å²) in [5, 5.41) is 9.10. The Morgan fingerprint density at radius 3 is 2.58 bits per heavy atom. The van der Waals surface area contributed by atoms with E-state index in [0.29, 0.717) is 23.1 Å². The molecule has 0 fully saturated rings. The molecule has 0 saturated heterocycles. The molecular formula is C14H16BrNO3. The number of halogens is 1. The third-order valence-corrected chi connectivity index (χ3v) is 3.40. The van der Waals surface area contributed by atoms with E-state index in [1.807, 2.05) is 6.92 Å². The second kappa shape index (κ2) is 7.15. The van der Waals surface area contributed by atoms with Gasteiger partial charge in [-0.15, -0.1) is 5.92 Å². The quantitative estimate of drug-likeness (QED) is 0.683. The number of hydrogen-bond donors (Lipinski definition) is 1. The first kappa shape index (κ1) is 15.5. The Labute approximate surface area is 120 Å². The molecule has 102 valence electrons. The second-order valence-corrected chi connectivity index (χ2v) is 4.85. The second-order valence-electron chi connectivity index (χ2n) is 4.04. The average molecular weight is 326 g/mol. The van der Waals surface area contributed by atoms with Crippen LogP contribution in [-0.4, -0.2) is 15.6 Å². The van der Waals surface area contributed by atoms with Crippen molar-refractivity contribution in [3.63, 3.8) is 0 Å². The van der Waals surface area contributed by atoms with Gasteiger partial charge in [0.15, 0.2) is 0 Å². The van der Waals surface area contributed by atoms with Crippen LogP contribution in [0, 0.1) is 11.8 Å². The summed E-state index contributed by atoms with van der Waals surface area (Å²) < 4.78 is 2.03. The van der Waals surface area contributed by atoms with Crippen LogP contribution >= 0.6 is 15.9 Å². The van der Waals surface area contributed by atoms with Gasteiger partial charge in [-0.2, -0.15) is 0 Å². The lowest BCUT2D eigenvalue weighted by Gasteiger charge is -2.12. The number of nitrogens with zero attached hydrogens (tertiary/aromatic N) is 1. The third kappa shape index (κ3) is 3.97. The Morgan fingerprint density at radius 1 is 1.42 bits per heavy atom. The molecule has 1 unspecified atom stereocenters. The molecule has 0 radical (unpaired) electrons. The van der Waals surface area contributed by atoms with Gasteiger partial charge in [-0.1, -0.05) is 19.8 Å². The predicted molar refractivity (Wildman–Crippen MR) is 77.1 cm³/mol. The zero-order valence-electron chi connectivity index (χ0n) is 10.9. The van der Waals surface area contributed by atoms with E-state index in [1.54, 1.807) is 13.0 Å². The largest absolute Gasteiger partial charge is 0.481 e. The number of hydrogen-bond acceptors (Lipinski definition) is 2. The van der Waals surface area contributed by atoms with Crippen molar-refractivity contribution < 1.29 is 9.90 Å². The molecule has 1 aromatic heterocycles. The van der Waals surface area contributed by atoms with Crippen LogP contribution in [0.25, 0.3) is 0 Å². The molecule has 19 heavy (non-hydrogen) atoms. The van der Waals surface area contributed by atoms with Crippen LogP contribution in [0.4, 0.5) is 0 Å². The molecule has 0 aliphatic carbocycles. The smallest absolute Gasteiger partial charge is 0.310 e.